The highest BCUT2D eigenvalue weighted by molar-refractivity contribution is 6.08. The minimum atomic E-state index is 0.267. The second-order valence-electron chi connectivity index (χ2n) is 3.37. The van der Waals surface area contributed by atoms with Crippen LogP contribution in [-0.4, -0.2) is 19.0 Å². The van der Waals surface area contributed by atoms with E-state index in [0.29, 0.717) is 34.5 Å². The van der Waals surface area contributed by atoms with Gasteiger partial charge in [-0.3, -0.25) is 14.4 Å². The summed E-state index contributed by atoms with van der Waals surface area (Å²) in [6, 6.07) is 8.01. The highest BCUT2D eigenvalue weighted by Gasteiger charge is 2.10. The van der Waals surface area contributed by atoms with E-state index in [0.717, 1.165) is 0 Å². The van der Waals surface area contributed by atoms with Crippen molar-refractivity contribution in [3.05, 3.63) is 41.5 Å². The SMILES string of the molecule is O=COc1ccc(C=O)c2cccc(C=O)c12. The number of fused-ring (bicyclic) bond motifs is 1. The number of ether oxygens (including phenoxy) is 1. The van der Waals surface area contributed by atoms with Crippen LogP contribution in [0.5, 0.6) is 5.75 Å². The van der Waals surface area contributed by atoms with Crippen molar-refractivity contribution < 1.29 is 19.1 Å². The van der Waals surface area contributed by atoms with E-state index < -0.39 is 0 Å². The van der Waals surface area contributed by atoms with Crippen LogP contribution >= 0.6 is 0 Å². The summed E-state index contributed by atoms with van der Waals surface area (Å²) in [6.07, 6.45) is 1.36. The lowest BCUT2D eigenvalue weighted by Gasteiger charge is -2.08. The smallest absolute Gasteiger partial charge is 0.298 e. The normalized spacial score (nSPS) is 9.88. The third-order valence-electron chi connectivity index (χ3n) is 2.50. The largest absolute Gasteiger partial charge is 0.428 e. The van der Waals surface area contributed by atoms with Gasteiger partial charge >= 0.3 is 0 Å². The Kier molecular flexibility index (Phi) is 2.96. The van der Waals surface area contributed by atoms with Crippen molar-refractivity contribution in [2.45, 2.75) is 0 Å². The van der Waals surface area contributed by atoms with Gasteiger partial charge in [-0.25, -0.2) is 0 Å². The van der Waals surface area contributed by atoms with Crippen molar-refractivity contribution in [3.63, 3.8) is 0 Å². The average Bonchev–Trinajstić information content (AvgIpc) is 2.38. The zero-order chi connectivity index (χ0) is 12.3. The van der Waals surface area contributed by atoms with Crippen molar-refractivity contribution >= 4 is 29.8 Å². The lowest BCUT2D eigenvalue weighted by molar-refractivity contribution is -0.120. The molecule has 17 heavy (non-hydrogen) atoms. The van der Waals surface area contributed by atoms with Crippen molar-refractivity contribution in [1.82, 2.24) is 0 Å². The Morgan fingerprint density at radius 2 is 1.65 bits per heavy atom. The molecule has 0 spiro atoms. The molecule has 2 aromatic rings. The van der Waals surface area contributed by atoms with Crippen LogP contribution in [0.25, 0.3) is 10.8 Å². The third kappa shape index (κ3) is 1.80. The van der Waals surface area contributed by atoms with Gasteiger partial charge in [0.05, 0.1) is 0 Å². The van der Waals surface area contributed by atoms with Crippen LogP contribution < -0.4 is 4.74 Å². The Hall–Kier alpha value is -2.49. The van der Waals surface area contributed by atoms with Gasteiger partial charge in [0.1, 0.15) is 5.75 Å². The maximum atomic E-state index is 10.9. The van der Waals surface area contributed by atoms with E-state index in [1.165, 1.54) is 6.07 Å². The van der Waals surface area contributed by atoms with Gasteiger partial charge in [-0.2, -0.15) is 0 Å². The van der Waals surface area contributed by atoms with E-state index in [2.05, 4.69) is 0 Å². The molecule has 0 aliphatic carbocycles. The molecule has 2 rings (SSSR count). The molecular weight excluding hydrogens is 220 g/mol. The summed E-state index contributed by atoms with van der Waals surface area (Å²) in [4.78, 5) is 32.2. The molecule has 0 atom stereocenters. The molecule has 0 radical (unpaired) electrons. The summed E-state index contributed by atoms with van der Waals surface area (Å²) in [6.45, 7) is 0.289. The van der Waals surface area contributed by atoms with Gasteiger partial charge in [-0.15, -0.1) is 0 Å². The molecule has 0 heterocycles. The molecule has 0 saturated heterocycles. The van der Waals surface area contributed by atoms with Gasteiger partial charge in [0, 0.05) is 16.5 Å². The number of hydrogen-bond donors (Lipinski definition) is 0. The molecule has 0 saturated carbocycles. The van der Waals surface area contributed by atoms with Gasteiger partial charge < -0.3 is 4.74 Å². The van der Waals surface area contributed by atoms with Crippen LogP contribution in [0, 0.1) is 0 Å². The molecule has 2 aromatic carbocycles. The third-order valence-corrected chi connectivity index (χ3v) is 2.50. The first kappa shape index (κ1) is 11.0. The van der Waals surface area contributed by atoms with Gasteiger partial charge in [-0.05, 0) is 17.5 Å². The van der Waals surface area contributed by atoms with E-state index in [9.17, 15) is 14.4 Å². The van der Waals surface area contributed by atoms with E-state index >= 15 is 0 Å². The van der Waals surface area contributed by atoms with Gasteiger partial charge in [-0.1, -0.05) is 18.2 Å². The first-order chi connectivity index (χ1) is 8.31. The molecule has 4 heteroatoms. The molecule has 84 valence electrons. The summed E-state index contributed by atoms with van der Waals surface area (Å²) < 4.78 is 4.81. The Morgan fingerprint density at radius 1 is 0.882 bits per heavy atom. The maximum Gasteiger partial charge on any atom is 0.298 e. The van der Waals surface area contributed by atoms with Crippen LogP contribution in [-0.2, 0) is 4.79 Å². The highest BCUT2D eigenvalue weighted by atomic mass is 16.5. The summed E-state index contributed by atoms with van der Waals surface area (Å²) in [5, 5.41) is 1.06. The Balaban J connectivity index is 2.89. The first-order valence-corrected chi connectivity index (χ1v) is 4.88. The van der Waals surface area contributed by atoms with Crippen LogP contribution in [0.4, 0.5) is 0 Å². The van der Waals surface area contributed by atoms with Crippen LogP contribution in [0.15, 0.2) is 30.3 Å². The number of rotatable bonds is 4. The quantitative estimate of drug-likeness (QED) is 0.751. The van der Waals surface area contributed by atoms with Crippen molar-refractivity contribution in [2.75, 3.05) is 0 Å². The lowest BCUT2D eigenvalue weighted by Crippen LogP contribution is -1.95. The minimum absolute atomic E-state index is 0.267. The average molecular weight is 228 g/mol. The number of carbonyl (C=O) groups excluding carboxylic acids is 3. The molecule has 0 unspecified atom stereocenters. The minimum Gasteiger partial charge on any atom is -0.428 e. The number of aldehydes is 2. The molecule has 0 fully saturated rings. The van der Waals surface area contributed by atoms with Gasteiger partial charge in [0.15, 0.2) is 12.6 Å². The van der Waals surface area contributed by atoms with Crippen molar-refractivity contribution in [3.8, 4) is 5.75 Å². The summed E-state index contributed by atoms with van der Waals surface area (Å²) in [7, 11) is 0. The topological polar surface area (TPSA) is 60.4 Å². The fourth-order valence-electron chi connectivity index (χ4n) is 1.78. The predicted octanol–water partition coefficient (Wildman–Crippen LogP) is 2.00. The van der Waals surface area contributed by atoms with Crippen LogP contribution in [0.1, 0.15) is 20.7 Å². The van der Waals surface area contributed by atoms with E-state index in [1.807, 2.05) is 0 Å². The molecular formula is C13H8O4. The molecule has 4 nitrogen and oxygen atoms in total. The first-order valence-electron chi connectivity index (χ1n) is 4.88. The zero-order valence-corrected chi connectivity index (χ0v) is 8.75. The monoisotopic (exact) mass is 228 g/mol. The maximum absolute atomic E-state index is 10.9. The standard InChI is InChI=1S/C13H8O4/c14-6-9-4-5-12(17-8-16)13-10(7-15)2-1-3-11(9)13/h1-8H. The Bertz CT molecular complexity index is 602. The van der Waals surface area contributed by atoms with Crippen molar-refractivity contribution in [2.24, 2.45) is 0 Å². The molecule has 0 amide bonds. The second kappa shape index (κ2) is 4.57. The lowest BCUT2D eigenvalue weighted by atomic mass is 10.0. The molecule has 0 bridgehead atoms. The molecule has 0 aliphatic rings. The number of carbonyl (C=O) groups is 3. The number of benzene rings is 2. The molecule has 0 aromatic heterocycles. The number of hydrogen-bond acceptors (Lipinski definition) is 4. The van der Waals surface area contributed by atoms with E-state index in [4.69, 9.17) is 4.74 Å². The second-order valence-corrected chi connectivity index (χ2v) is 3.37. The summed E-state index contributed by atoms with van der Waals surface area (Å²) >= 11 is 0. The van der Waals surface area contributed by atoms with E-state index in [-0.39, 0.29) is 12.2 Å². The zero-order valence-electron chi connectivity index (χ0n) is 8.75. The van der Waals surface area contributed by atoms with Crippen LogP contribution in [0.2, 0.25) is 0 Å². The van der Waals surface area contributed by atoms with Gasteiger partial charge in [0.25, 0.3) is 6.47 Å². The fourth-order valence-corrected chi connectivity index (χ4v) is 1.78. The molecule has 0 aliphatic heterocycles. The fraction of sp³-hybridized carbons (Fsp3) is 0. The Labute approximate surface area is 96.8 Å². The summed E-state index contributed by atoms with van der Waals surface area (Å²) in [5.41, 5.74) is 0.824. The molecule has 0 N–H and O–H groups in total. The van der Waals surface area contributed by atoms with Gasteiger partial charge in [0.2, 0.25) is 0 Å². The van der Waals surface area contributed by atoms with Crippen molar-refractivity contribution in [1.29, 1.82) is 0 Å². The Morgan fingerprint density at radius 3 is 2.29 bits per heavy atom. The van der Waals surface area contributed by atoms with Crippen LogP contribution in [0.3, 0.4) is 0 Å². The van der Waals surface area contributed by atoms with E-state index in [1.54, 1.807) is 24.3 Å². The predicted molar refractivity (Wildman–Crippen MR) is 61.4 cm³/mol. The highest BCUT2D eigenvalue weighted by Crippen LogP contribution is 2.30. The summed E-state index contributed by atoms with van der Waals surface area (Å²) in [5.74, 6) is 0.267.